The van der Waals surface area contributed by atoms with Crippen molar-refractivity contribution in [3.8, 4) is 11.5 Å². The number of esters is 1. The second-order valence-corrected chi connectivity index (χ2v) is 5.86. The van der Waals surface area contributed by atoms with Crippen molar-refractivity contribution in [2.24, 2.45) is 0 Å². The Morgan fingerprint density at radius 1 is 1.00 bits per heavy atom. The number of hydrogen-bond acceptors (Lipinski definition) is 3. The van der Waals surface area contributed by atoms with Gasteiger partial charge in [-0.1, -0.05) is 41.9 Å². The number of benzene rings is 2. The van der Waals surface area contributed by atoms with Gasteiger partial charge in [0, 0.05) is 4.47 Å². The van der Waals surface area contributed by atoms with Gasteiger partial charge in [0.15, 0.2) is 6.61 Å². The number of ether oxygens (including phenoxy) is 2. The molecule has 0 fully saturated rings. The molecule has 0 atom stereocenters. The smallest absolute Gasteiger partial charge is 0.349 e. The maximum Gasteiger partial charge on any atom is 0.349 e. The van der Waals surface area contributed by atoms with Gasteiger partial charge in [-0.25, -0.2) is 4.79 Å². The van der Waals surface area contributed by atoms with Crippen LogP contribution in [0.3, 0.4) is 0 Å². The summed E-state index contributed by atoms with van der Waals surface area (Å²) >= 11 is 3.32. The van der Waals surface area contributed by atoms with Gasteiger partial charge in [-0.05, 0) is 47.9 Å². The highest BCUT2D eigenvalue weighted by molar-refractivity contribution is 9.10. The normalized spacial score (nSPS) is 10.5. The van der Waals surface area contributed by atoms with Crippen molar-refractivity contribution in [3.63, 3.8) is 0 Å². The fraction of sp³-hybridized carbons (Fsp3) is 0.235. The van der Waals surface area contributed by atoms with E-state index in [0.717, 1.165) is 4.47 Å². The third-order valence-electron chi connectivity index (χ3n) is 2.95. The molecule has 0 aromatic heterocycles. The van der Waals surface area contributed by atoms with E-state index < -0.39 is 5.97 Å². The monoisotopic (exact) mass is 348 g/mol. The highest BCUT2D eigenvalue weighted by Crippen LogP contribution is 2.19. The maximum absolute atomic E-state index is 11.7. The molecule has 2 rings (SSSR count). The Hall–Kier alpha value is -1.81. The highest BCUT2D eigenvalue weighted by atomic mass is 79.9. The molecule has 2 aromatic rings. The molecule has 0 bridgehead atoms. The Labute approximate surface area is 133 Å². The van der Waals surface area contributed by atoms with Crippen molar-refractivity contribution in [3.05, 3.63) is 58.6 Å². The van der Waals surface area contributed by atoms with Crippen molar-refractivity contribution >= 4 is 21.9 Å². The first-order valence-corrected chi connectivity index (χ1v) is 7.53. The average Bonchev–Trinajstić information content (AvgIpc) is 2.48. The van der Waals surface area contributed by atoms with Crippen LogP contribution in [0.25, 0.3) is 0 Å². The minimum Gasteiger partial charge on any atom is -0.482 e. The summed E-state index contributed by atoms with van der Waals surface area (Å²) < 4.78 is 11.5. The standard InChI is InChI=1S/C17H17BrO3/c1-12(2)13-3-7-15(8-4-13)20-11-17(19)21-16-9-5-14(18)6-10-16/h3-10,12H,11H2,1-2H3. The van der Waals surface area contributed by atoms with Gasteiger partial charge in [0.25, 0.3) is 0 Å². The molecule has 21 heavy (non-hydrogen) atoms. The van der Waals surface area contributed by atoms with E-state index in [2.05, 4.69) is 29.8 Å². The summed E-state index contributed by atoms with van der Waals surface area (Å²) in [6.45, 7) is 4.15. The van der Waals surface area contributed by atoms with Crippen molar-refractivity contribution < 1.29 is 14.3 Å². The highest BCUT2D eigenvalue weighted by Gasteiger charge is 2.06. The second kappa shape index (κ2) is 7.27. The van der Waals surface area contributed by atoms with E-state index in [4.69, 9.17) is 9.47 Å². The van der Waals surface area contributed by atoms with E-state index in [0.29, 0.717) is 17.4 Å². The minimum atomic E-state index is -0.426. The van der Waals surface area contributed by atoms with Gasteiger partial charge in [0.2, 0.25) is 0 Å². The zero-order valence-electron chi connectivity index (χ0n) is 12.0. The summed E-state index contributed by atoms with van der Waals surface area (Å²) in [5.74, 6) is 1.21. The predicted molar refractivity (Wildman–Crippen MR) is 85.8 cm³/mol. The van der Waals surface area contributed by atoms with Gasteiger partial charge in [-0.2, -0.15) is 0 Å². The van der Waals surface area contributed by atoms with Crippen molar-refractivity contribution in [2.45, 2.75) is 19.8 Å². The summed E-state index contributed by atoms with van der Waals surface area (Å²) in [5.41, 5.74) is 1.24. The van der Waals surface area contributed by atoms with Gasteiger partial charge in [0.05, 0.1) is 0 Å². The van der Waals surface area contributed by atoms with Crippen LogP contribution >= 0.6 is 15.9 Å². The quantitative estimate of drug-likeness (QED) is 0.587. The van der Waals surface area contributed by atoms with E-state index in [1.54, 1.807) is 12.1 Å². The molecule has 3 nitrogen and oxygen atoms in total. The van der Waals surface area contributed by atoms with Crippen LogP contribution in [0, 0.1) is 0 Å². The van der Waals surface area contributed by atoms with Gasteiger partial charge < -0.3 is 9.47 Å². The van der Waals surface area contributed by atoms with Gasteiger partial charge in [0.1, 0.15) is 11.5 Å². The first-order chi connectivity index (χ1) is 10.0. The molecule has 0 radical (unpaired) electrons. The average molecular weight is 349 g/mol. The lowest BCUT2D eigenvalue weighted by Crippen LogP contribution is -2.17. The first-order valence-electron chi connectivity index (χ1n) is 6.73. The zero-order chi connectivity index (χ0) is 15.2. The molecular weight excluding hydrogens is 332 g/mol. The number of carbonyl (C=O) groups is 1. The van der Waals surface area contributed by atoms with Crippen LogP contribution < -0.4 is 9.47 Å². The number of carbonyl (C=O) groups excluding carboxylic acids is 1. The first kappa shape index (κ1) is 15.6. The van der Waals surface area contributed by atoms with E-state index >= 15 is 0 Å². The predicted octanol–water partition coefficient (Wildman–Crippen LogP) is 4.56. The third-order valence-corrected chi connectivity index (χ3v) is 3.48. The Morgan fingerprint density at radius 2 is 1.57 bits per heavy atom. The molecule has 0 heterocycles. The van der Waals surface area contributed by atoms with Crippen LogP contribution in [0.4, 0.5) is 0 Å². The number of hydrogen-bond donors (Lipinski definition) is 0. The van der Waals surface area contributed by atoms with Gasteiger partial charge in [-0.15, -0.1) is 0 Å². The Bertz CT molecular complexity index is 588. The van der Waals surface area contributed by atoms with E-state index in [1.165, 1.54) is 5.56 Å². The van der Waals surface area contributed by atoms with Crippen molar-refractivity contribution in [1.82, 2.24) is 0 Å². The summed E-state index contributed by atoms with van der Waals surface area (Å²) in [6, 6.07) is 14.8. The Balaban J connectivity index is 1.84. The lowest BCUT2D eigenvalue weighted by Gasteiger charge is -2.09. The molecule has 0 saturated carbocycles. The van der Waals surface area contributed by atoms with E-state index in [-0.39, 0.29) is 6.61 Å². The Morgan fingerprint density at radius 3 is 2.14 bits per heavy atom. The maximum atomic E-state index is 11.7. The number of rotatable bonds is 5. The Kier molecular flexibility index (Phi) is 5.39. The molecule has 110 valence electrons. The fourth-order valence-electron chi connectivity index (χ4n) is 1.75. The van der Waals surface area contributed by atoms with Crippen LogP contribution in [0.15, 0.2) is 53.0 Å². The van der Waals surface area contributed by atoms with Crippen LogP contribution in [0.1, 0.15) is 25.3 Å². The largest absolute Gasteiger partial charge is 0.482 e. The second-order valence-electron chi connectivity index (χ2n) is 4.94. The summed E-state index contributed by atoms with van der Waals surface area (Å²) in [6.07, 6.45) is 0. The van der Waals surface area contributed by atoms with Crippen LogP contribution in [0.2, 0.25) is 0 Å². The SMILES string of the molecule is CC(C)c1ccc(OCC(=O)Oc2ccc(Br)cc2)cc1. The fourth-order valence-corrected chi connectivity index (χ4v) is 2.02. The summed E-state index contributed by atoms with van der Waals surface area (Å²) in [7, 11) is 0. The van der Waals surface area contributed by atoms with Gasteiger partial charge >= 0.3 is 5.97 Å². The molecule has 0 saturated heterocycles. The number of halogens is 1. The third kappa shape index (κ3) is 4.90. The van der Waals surface area contributed by atoms with E-state index in [1.807, 2.05) is 36.4 Å². The summed E-state index contributed by atoms with van der Waals surface area (Å²) in [5, 5.41) is 0. The van der Waals surface area contributed by atoms with Crippen LogP contribution in [0.5, 0.6) is 11.5 Å². The molecule has 0 N–H and O–H groups in total. The lowest BCUT2D eigenvalue weighted by atomic mass is 10.0. The lowest BCUT2D eigenvalue weighted by molar-refractivity contribution is -0.136. The van der Waals surface area contributed by atoms with Crippen molar-refractivity contribution in [2.75, 3.05) is 6.61 Å². The van der Waals surface area contributed by atoms with Crippen LogP contribution in [-0.4, -0.2) is 12.6 Å². The molecular formula is C17H17BrO3. The molecule has 0 amide bonds. The van der Waals surface area contributed by atoms with Gasteiger partial charge in [-0.3, -0.25) is 0 Å². The molecule has 0 aliphatic rings. The molecule has 2 aromatic carbocycles. The van der Waals surface area contributed by atoms with Crippen LogP contribution in [-0.2, 0) is 4.79 Å². The topological polar surface area (TPSA) is 35.5 Å². The molecule has 0 aliphatic carbocycles. The molecule has 0 aliphatic heterocycles. The molecule has 0 spiro atoms. The zero-order valence-corrected chi connectivity index (χ0v) is 13.6. The van der Waals surface area contributed by atoms with Crippen molar-refractivity contribution in [1.29, 1.82) is 0 Å². The minimum absolute atomic E-state index is 0.114. The molecule has 4 heteroatoms. The van der Waals surface area contributed by atoms with E-state index in [9.17, 15) is 4.79 Å². The summed E-state index contributed by atoms with van der Waals surface area (Å²) in [4.78, 5) is 11.7. The molecule has 0 unspecified atom stereocenters.